The maximum atomic E-state index is 11.7. The zero-order valence-corrected chi connectivity index (χ0v) is 27.8. The van der Waals surface area contributed by atoms with Gasteiger partial charge in [0.1, 0.15) is 12.5 Å². The van der Waals surface area contributed by atoms with Crippen molar-refractivity contribution in [1.82, 2.24) is 0 Å². The molecule has 0 radical (unpaired) electrons. The number of esters is 2. The van der Waals surface area contributed by atoms with Gasteiger partial charge in [-0.2, -0.15) is 0 Å². The quantitative estimate of drug-likeness (QED) is 0.0876. The number of carbonyl (C=O) groups is 2. The number of ether oxygens (including phenoxy) is 2. The second kappa shape index (κ2) is 15.3. The maximum Gasteiger partial charge on any atom is 0.698 e. The van der Waals surface area contributed by atoms with Gasteiger partial charge in [0.05, 0.1) is 23.3 Å². The lowest BCUT2D eigenvalue weighted by molar-refractivity contribution is -0.137. The number of hydrogen-bond acceptors (Lipinski definition) is 9. The molecule has 0 fully saturated rings. The van der Waals surface area contributed by atoms with Crippen molar-refractivity contribution < 1.29 is 40.6 Å². The smallest absolute Gasteiger partial charge is 0.488 e. The SMILES string of the molecule is C=CC(=O)OC[Si](C)(C)O[SiH](O[Si](C)(C)COC(=O)C=C)C(C)C[Si](OC(=C)C)(OC(=C)C)OC(=C)C. The average Bonchev–Trinajstić information content (AvgIpc) is 2.73. The highest BCUT2D eigenvalue weighted by Gasteiger charge is 2.53. The van der Waals surface area contributed by atoms with E-state index in [4.69, 9.17) is 31.0 Å². The van der Waals surface area contributed by atoms with E-state index in [2.05, 4.69) is 32.9 Å². The van der Waals surface area contributed by atoms with Crippen LogP contribution in [0.5, 0.6) is 0 Å². The fourth-order valence-corrected chi connectivity index (χ4v) is 16.5. The first-order valence-corrected chi connectivity index (χ1v) is 21.6. The van der Waals surface area contributed by atoms with Crippen molar-refractivity contribution in [3.63, 3.8) is 0 Å². The van der Waals surface area contributed by atoms with E-state index in [1.54, 1.807) is 20.8 Å². The van der Waals surface area contributed by atoms with Gasteiger partial charge in [0.25, 0.3) is 0 Å². The lowest BCUT2D eigenvalue weighted by Crippen LogP contribution is -2.53. The van der Waals surface area contributed by atoms with Gasteiger partial charge in [-0.25, -0.2) is 9.59 Å². The molecule has 13 heteroatoms. The summed E-state index contributed by atoms with van der Waals surface area (Å²) in [6.45, 7) is 33.3. The molecule has 0 rings (SSSR count). The maximum absolute atomic E-state index is 11.7. The summed E-state index contributed by atoms with van der Waals surface area (Å²) in [7, 11) is -11.1. The molecular weight excluding hydrogens is 545 g/mol. The van der Waals surface area contributed by atoms with Crippen LogP contribution in [-0.2, 0) is 40.6 Å². The van der Waals surface area contributed by atoms with E-state index < -0.39 is 46.7 Å². The van der Waals surface area contributed by atoms with Crippen LogP contribution in [0.3, 0.4) is 0 Å². The zero-order chi connectivity index (χ0) is 29.0. The average molecular weight is 589 g/mol. The number of rotatable bonds is 19. The van der Waals surface area contributed by atoms with Gasteiger partial charge in [-0.3, -0.25) is 0 Å². The van der Waals surface area contributed by atoms with Gasteiger partial charge >= 0.3 is 30.0 Å². The molecule has 37 heavy (non-hydrogen) atoms. The lowest BCUT2D eigenvalue weighted by atomic mass is 10.6. The molecule has 1 atom stereocenters. The monoisotopic (exact) mass is 588 g/mol. The van der Waals surface area contributed by atoms with Crippen molar-refractivity contribution in [2.75, 3.05) is 12.5 Å². The minimum atomic E-state index is -3.44. The van der Waals surface area contributed by atoms with Crippen LogP contribution < -0.4 is 0 Å². The van der Waals surface area contributed by atoms with Crippen molar-refractivity contribution in [2.45, 2.75) is 65.5 Å². The molecule has 0 aliphatic rings. The zero-order valence-electron chi connectivity index (χ0n) is 23.6. The minimum absolute atomic E-state index is 0.125. The lowest BCUT2D eigenvalue weighted by Gasteiger charge is -2.38. The predicted octanol–water partition coefficient (Wildman–Crippen LogP) is 5.17. The summed E-state index contributed by atoms with van der Waals surface area (Å²) in [6, 6.07) is 0.324. The third-order valence-electron chi connectivity index (χ3n) is 4.35. The van der Waals surface area contributed by atoms with Crippen LogP contribution in [0, 0.1) is 0 Å². The van der Waals surface area contributed by atoms with Gasteiger partial charge in [0.15, 0.2) is 0 Å². The Morgan fingerprint density at radius 1 is 0.757 bits per heavy atom. The highest BCUT2D eigenvalue weighted by molar-refractivity contribution is 6.82. The van der Waals surface area contributed by atoms with E-state index in [1.807, 2.05) is 33.1 Å². The highest BCUT2D eigenvalue weighted by Crippen LogP contribution is 2.34. The van der Waals surface area contributed by atoms with Crippen LogP contribution in [0.4, 0.5) is 0 Å². The van der Waals surface area contributed by atoms with E-state index in [0.29, 0.717) is 23.3 Å². The Bertz CT molecular complexity index is 791. The van der Waals surface area contributed by atoms with E-state index in [-0.39, 0.29) is 18.0 Å². The number of carbonyl (C=O) groups excluding carboxylic acids is 2. The minimum Gasteiger partial charge on any atom is -0.488 e. The normalized spacial score (nSPS) is 12.7. The third-order valence-corrected chi connectivity index (χ3v) is 17.8. The second-order valence-corrected chi connectivity index (χ2v) is 23.8. The molecule has 1 unspecified atom stereocenters. The first-order chi connectivity index (χ1) is 16.9. The molecule has 0 aromatic heterocycles. The Labute approximate surface area is 227 Å². The predicted molar refractivity (Wildman–Crippen MR) is 154 cm³/mol. The van der Waals surface area contributed by atoms with E-state index >= 15 is 0 Å². The van der Waals surface area contributed by atoms with Crippen LogP contribution in [0.15, 0.2) is 62.3 Å². The topological polar surface area (TPSA) is 98.8 Å². The van der Waals surface area contributed by atoms with Crippen LogP contribution >= 0.6 is 0 Å². The molecule has 0 aromatic carbocycles. The van der Waals surface area contributed by atoms with Gasteiger partial charge < -0.3 is 31.0 Å². The fourth-order valence-electron chi connectivity index (χ4n) is 3.04. The van der Waals surface area contributed by atoms with Crippen molar-refractivity contribution in [3.05, 3.63) is 62.3 Å². The first-order valence-electron chi connectivity index (χ1n) is 11.8. The third kappa shape index (κ3) is 15.0. The van der Waals surface area contributed by atoms with Crippen molar-refractivity contribution in [3.8, 4) is 0 Å². The van der Waals surface area contributed by atoms with Gasteiger partial charge in [0.2, 0.25) is 16.6 Å². The largest absolute Gasteiger partial charge is 0.698 e. The Morgan fingerprint density at radius 3 is 1.35 bits per heavy atom. The van der Waals surface area contributed by atoms with E-state index in [0.717, 1.165) is 12.2 Å². The molecule has 0 spiro atoms. The van der Waals surface area contributed by atoms with Gasteiger partial charge in [-0.05, 0) is 47.0 Å². The summed E-state index contributed by atoms with van der Waals surface area (Å²) in [4.78, 5) is 23.3. The summed E-state index contributed by atoms with van der Waals surface area (Å²) in [6.07, 6.45) is 2.48. The standard InChI is InChI=1S/C24H44O9Si4/c1-14-23(25)27-17-35(10,11)32-34(33-36(12,13)18-28-24(26)15-2)22(9)16-37(29-19(3)4,30-20(5)6)31-21(7)8/h14-15,22,34H,1-3,5,7,16-18H2,4,6,8-13H3. The number of hydrogen-bond donors (Lipinski definition) is 0. The fraction of sp³-hybridized carbons (Fsp3) is 0.500. The second-order valence-electron chi connectivity index (χ2n) is 10.0. The van der Waals surface area contributed by atoms with Crippen LogP contribution in [0.25, 0.3) is 0 Å². The van der Waals surface area contributed by atoms with Crippen LogP contribution in [-0.4, -0.2) is 59.1 Å². The molecule has 0 saturated carbocycles. The molecular formula is C24H44O9Si4. The Kier molecular flexibility index (Phi) is 14.4. The molecule has 0 amide bonds. The van der Waals surface area contributed by atoms with Gasteiger partial charge in [0, 0.05) is 17.7 Å². The molecule has 0 aromatic rings. The Hall–Kier alpha value is -2.17. The molecule has 0 saturated heterocycles. The molecule has 210 valence electrons. The molecule has 0 heterocycles. The van der Waals surface area contributed by atoms with Crippen molar-refractivity contribution >= 4 is 46.7 Å². The first kappa shape index (κ1) is 34.8. The summed E-state index contributed by atoms with van der Waals surface area (Å²) < 4.78 is 42.1. The summed E-state index contributed by atoms with van der Waals surface area (Å²) in [5, 5.41) is 0. The summed E-state index contributed by atoms with van der Waals surface area (Å²) >= 11 is 0. The van der Waals surface area contributed by atoms with Crippen molar-refractivity contribution in [1.29, 1.82) is 0 Å². The molecule has 0 bridgehead atoms. The molecule has 0 N–H and O–H groups in total. The summed E-state index contributed by atoms with van der Waals surface area (Å²) in [5.74, 6) is 0.248. The van der Waals surface area contributed by atoms with Crippen LogP contribution in [0.2, 0.25) is 37.8 Å². The molecule has 0 aliphatic carbocycles. The van der Waals surface area contributed by atoms with Crippen molar-refractivity contribution in [2.24, 2.45) is 0 Å². The van der Waals surface area contributed by atoms with E-state index in [9.17, 15) is 9.59 Å². The highest BCUT2D eigenvalue weighted by atomic mass is 28.4. The van der Waals surface area contributed by atoms with Crippen LogP contribution in [0.1, 0.15) is 27.7 Å². The summed E-state index contributed by atoms with van der Waals surface area (Å²) in [5.41, 5.74) is -0.200. The Balaban J connectivity index is 6.19. The molecule has 0 aliphatic heterocycles. The van der Waals surface area contributed by atoms with E-state index in [1.165, 1.54) is 0 Å². The number of allylic oxidation sites excluding steroid dienone is 3. The Morgan fingerprint density at radius 2 is 1.08 bits per heavy atom. The van der Waals surface area contributed by atoms with Gasteiger partial charge in [-0.1, -0.05) is 39.8 Å². The van der Waals surface area contributed by atoms with Gasteiger partial charge in [-0.15, -0.1) is 0 Å². The molecule has 9 nitrogen and oxygen atoms in total.